The Morgan fingerprint density at radius 1 is 1.05 bits per heavy atom. The monoisotopic (exact) mass is 589 g/mol. The zero-order valence-corrected chi connectivity index (χ0v) is 21.9. The van der Waals surface area contributed by atoms with Crippen LogP contribution in [-0.2, 0) is 34.5 Å². The normalized spacial score (nSPS) is 20.5. The highest BCUT2D eigenvalue weighted by Gasteiger charge is 2.41. The molecular formula is C22H29F6N5O5S. The van der Waals surface area contributed by atoms with Crippen molar-refractivity contribution in [3.63, 3.8) is 0 Å². The highest BCUT2D eigenvalue weighted by molar-refractivity contribution is 7.09. The Morgan fingerprint density at radius 3 is 2.08 bits per heavy atom. The van der Waals surface area contributed by atoms with Crippen molar-refractivity contribution in [2.75, 3.05) is 39.4 Å². The number of carboxylic acid groups (broad SMARTS) is 2. The lowest BCUT2D eigenvalue weighted by atomic mass is 9.87. The van der Waals surface area contributed by atoms with Crippen LogP contribution in [0.15, 0.2) is 17.8 Å². The summed E-state index contributed by atoms with van der Waals surface area (Å²) >= 11 is 1.74. The maximum Gasteiger partial charge on any atom is 0.490 e. The van der Waals surface area contributed by atoms with Crippen molar-refractivity contribution in [1.82, 2.24) is 24.3 Å². The molecule has 1 atom stereocenters. The molecule has 2 fully saturated rings. The van der Waals surface area contributed by atoms with Crippen molar-refractivity contribution in [1.29, 1.82) is 0 Å². The Morgan fingerprint density at radius 2 is 1.62 bits per heavy atom. The number of imidazole rings is 1. The molecular weight excluding hydrogens is 560 g/mol. The van der Waals surface area contributed by atoms with Crippen molar-refractivity contribution in [2.45, 2.75) is 38.8 Å². The lowest BCUT2D eigenvalue weighted by Crippen LogP contribution is -2.40. The first-order valence-electron chi connectivity index (χ1n) is 11.5. The minimum absolute atomic E-state index is 0.243. The van der Waals surface area contributed by atoms with Gasteiger partial charge in [0, 0.05) is 56.4 Å². The summed E-state index contributed by atoms with van der Waals surface area (Å²) in [5.41, 5.74) is 1.44. The fraction of sp³-hybridized carbons (Fsp3) is 0.636. The van der Waals surface area contributed by atoms with E-state index in [1.165, 1.54) is 12.1 Å². The van der Waals surface area contributed by atoms with Gasteiger partial charge in [-0.2, -0.15) is 26.3 Å². The molecule has 0 saturated carbocycles. The smallest absolute Gasteiger partial charge is 0.475 e. The number of aromatic nitrogens is 3. The average molecular weight is 590 g/mol. The number of halogens is 6. The number of thiazole rings is 1. The van der Waals surface area contributed by atoms with E-state index in [2.05, 4.69) is 43.7 Å². The second kappa shape index (κ2) is 13.5. The lowest BCUT2D eigenvalue weighted by molar-refractivity contribution is -0.193. The molecule has 2 aromatic heterocycles. The first-order chi connectivity index (χ1) is 18.0. The maximum atomic E-state index is 10.6. The van der Waals surface area contributed by atoms with Gasteiger partial charge in [0.2, 0.25) is 0 Å². The Balaban J connectivity index is 0.000000317. The molecule has 2 aromatic rings. The van der Waals surface area contributed by atoms with Gasteiger partial charge in [-0.15, -0.1) is 11.3 Å². The molecule has 17 heteroatoms. The summed E-state index contributed by atoms with van der Waals surface area (Å²) in [6.45, 7) is 9.95. The van der Waals surface area contributed by atoms with Crippen molar-refractivity contribution in [3.05, 3.63) is 34.3 Å². The molecule has 0 bridgehead atoms. The first kappa shape index (κ1) is 32.5. The van der Waals surface area contributed by atoms with Gasteiger partial charge in [0.05, 0.1) is 30.5 Å². The lowest BCUT2D eigenvalue weighted by Gasteiger charge is -2.31. The number of hydrogen-bond acceptors (Lipinski definition) is 8. The zero-order valence-electron chi connectivity index (χ0n) is 21.1. The standard InChI is InChI=1S/C18H27N5OS.2C2HF3O2/c1-15-20-16(11-25-15)9-23-7-8-24-14-18(13-23)3-5-22(12-18)10-17-19-4-6-21(17)2;2*3-2(4,5)1(6)7/h4,6,11H,3,5,7-10,12-14H2,1-2H3;2*(H,6,7). The van der Waals surface area contributed by atoms with Gasteiger partial charge in [0.15, 0.2) is 0 Å². The van der Waals surface area contributed by atoms with Gasteiger partial charge in [-0.05, 0) is 19.9 Å². The van der Waals surface area contributed by atoms with Crippen LogP contribution >= 0.6 is 11.3 Å². The minimum Gasteiger partial charge on any atom is -0.475 e. The number of carboxylic acids is 2. The zero-order chi connectivity index (χ0) is 29.4. The topological polar surface area (TPSA) is 121 Å². The van der Waals surface area contributed by atoms with Gasteiger partial charge >= 0.3 is 24.3 Å². The van der Waals surface area contributed by atoms with Crippen LogP contribution in [0.4, 0.5) is 26.3 Å². The number of hydrogen-bond donors (Lipinski definition) is 2. The number of aryl methyl sites for hydroxylation is 2. The third-order valence-corrected chi connectivity index (χ3v) is 6.68. The molecule has 0 radical (unpaired) electrons. The minimum atomic E-state index is -5.08. The predicted molar refractivity (Wildman–Crippen MR) is 126 cm³/mol. The maximum absolute atomic E-state index is 10.6. The molecule has 2 N–H and O–H groups in total. The van der Waals surface area contributed by atoms with E-state index in [1.54, 1.807) is 11.3 Å². The Bertz CT molecular complexity index is 1070. The fourth-order valence-electron chi connectivity index (χ4n) is 4.08. The van der Waals surface area contributed by atoms with Gasteiger partial charge in [-0.1, -0.05) is 0 Å². The second-order valence-electron chi connectivity index (χ2n) is 9.14. The van der Waals surface area contributed by atoms with Gasteiger partial charge in [0.25, 0.3) is 0 Å². The number of rotatable bonds is 4. The molecule has 0 aromatic carbocycles. The molecule has 2 aliphatic heterocycles. The molecule has 1 spiro atoms. The van der Waals surface area contributed by atoms with E-state index in [1.807, 2.05) is 12.4 Å². The van der Waals surface area contributed by atoms with E-state index in [0.717, 1.165) is 63.3 Å². The van der Waals surface area contributed by atoms with E-state index < -0.39 is 24.3 Å². The molecule has 220 valence electrons. The third-order valence-electron chi connectivity index (χ3n) is 5.86. The summed E-state index contributed by atoms with van der Waals surface area (Å²) in [6.07, 6.45) is -5.06. The van der Waals surface area contributed by atoms with Crippen LogP contribution in [0.1, 0.15) is 22.9 Å². The number of likely N-dealkylation sites (tertiary alicyclic amines) is 1. The number of carbonyl (C=O) groups is 2. The SMILES string of the molecule is Cc1nc(CN2CCOCC3(CCN(Cc4nccn4C)C3)C2)cs1.O=C(O)C(F)(F)F.O=C(O)C(F)(F)F. The van der Waals surface area contributed by atoms with E-state index in [4.69, 9.17) is 24.5 Å². The number of aliphatic carboxylic acids is 2. The molecule has 4 heterocycles. The fourth-order valence-corrected chi connectivity index (χ4v) is 4.69. The molecule has 2 aliphatic rings. The van der Waals surface area contributed by atoms with Gasteiger partial charge in [-0.25, -0.2) is 19.6 Å². The highest BCUT2D eigenvalue weighted by Crippen LogP contribution is 2.34. The summed E-state index contributed by atoms with van der Waals surface area (Å²) in [6, 6.07) is 0. The molecule has 10 nitrogen and oxygen atoms in total. The summed E-state index contributed by atoms with van der Waals surface area (Å²) in [4.78, 5) is 32.0. The van der Waals surface area contributed by atoms with E-state index in [9.17, 15) is 26.3 Å². The van der Waals surface area contributed by atoms with Gasteiger partial charge in [-0.3, -0.25) is 9.80 Å². The summed E-state index contributed by atoms with van der Waals surface area (Å²) in [5, 5.41) is 17.6. The first-order valence-corrected chi connectivity index (χ1v) is 12.4. The Hall–Kier alpha value is -2.76. The summed E-state index contributed by atoms with van der Waals surface area (Å²) in [5.74, 6) is -4.37. The van der Waals surface area contributed by atoms with E-state index >= 15 is 0 Å². The number of alkyl halides is 6. The second-order valence-corrected chi connectivity index (χ2v) is 10.2. The van der Waals surface area contributed by atoms with Crippen molar-refractivity contribution in [2.24, 2.45) is 12.5 Å². The quantitative estimate of drug-likeness (QED) is 0.518. The summed E-state index contributed by atoms with van der Waals surface area (Å²) in [7, 11) is 2.07. The largest absolute Gasteiger partial charge is 0.490 e. The van der Waals surface area contributed by atoms with Crippen molar-refractivity contribution < 1.29 is 50.9 Å². The molecule has 39 heavy (non-hydrogen) atoms. The van der Waals surface area contributed by atoms with Crippen LogP contribution in [-0.4, -0.2) is 98.2 Å². The van der Waals surface area contributed by atoms with Gasteiger partial charge < -0.3 is 19.5 Å². The molecule has 4 rings (SSSR count). The van der Waals surface area contributed by atoms with Crippen LogP contribution in [0.5, 0.6) is 0 Å². The summed E-state index contributed by atoms with van der Waals surface area (Å²) < 4.78 is 71.6. The van der Waals surface area contributed by atoms with Crippen LogP contribution < -0.4 is 0 Å². The van der Waals surface area contributed by atoms with Crippen LogP contribution in [0.2, 0.25) is 0 Å². The molecule has 0 amide bonds. The molecule has 0 aliphatic carbocycles. The van der Waals surface area contributed by atoms with Crippen LogP contribution in [0.25, 0.3) is 0 Å². The average Bonchev–Trinajstić information content (AvgIpc) is 3.48. The number of ether oxygens (including phenoxy) is 1. The van der Waals surface area contributed by atoms with E-state index in [-0.39, 0.29) is 5.41 Å². The van der Waals surface area contributed by atoms with Crippen LogP contribution in [0.3, 0.4) is 0 Å². The highest BCUT2D eigenvalue weighted by atomic mass is 32.1. The molecule has 1 unspecified atom stereocenters. The van der Waals surface area contributed by atoms with Crippen molar-refractivity contribution in [3.8, 4) is 0 Å². The third kappa shape index (κ3) is 10.7. The molecule has 2 saturated heterocycles. The van der Waals surface area contributed by atoms with Gasteiger partial charge in [0.1, 0.15) is 5.82 Å². The predicted octanol–water partition coefficient (Wildman–Crippen LogP) is 3.18. The van der Waals surface area contributed by atoms with Crippen LogP contribution in [0, 0.1) is 12.3 Å². The van der Waals surface area contributed by atoms with E-state index in [0.29, 0.717) is 0 Å². The number of nitrogens with zero attached hydrogens (tertiary/aromatic N) is 5. The Labute approximate surface area is 223 Å². The van der Waals surface area contributed by atoms with Crippen molar-refractivity contribution >= 4 is 23.3 Å². The Kier molecular flexibility index (Phi) is 11.3.